The molecule has 0 bridgehead atoms. The highest BCUT2D eigenvalue weighted by Gasteiger charge is 2.49. The van der Waals surface area contributed by atoms with Gasteiger partial charge in [0, 0.05) is 23.1 Å². The molecule has 1 amide bonds. The topological polar surface area (TPSA) is 60.9 Å². The summed E-state index contributed by atoms with van der Waals surface area (Å²) in [4.78, 5) is 19.6. The number of amides is 1. The number of hydrazone groups is 1. The predicted octanol–water partition coefficient (Wildman–Crippen LogP) is 4.79. The van der Waals surface area contributed by atoms with Crippen LogP contribution in [-0.4, -0.2) is 40.2 Å². The van der Waals surface area contributed by atoms with E-state index in [4.69, 9.17) is 9.84 Å². The number of hydrogen-bond donors (Lipinski definition) is 1. The summed E-state index contributed by atoms with van der Waals surface area (Å²) in [5.41, 5.74) is 6.72. The Bertz CT molecular complexity index is 1390. The number of nitrogens with one attached hydrogen (secondary N) is 1. The van der Waals surface area contributed by atoms with Gasteiger partial charge < -0.3 is 9.72 Å². The number of aryl methyl sites for hydroxylation is 1. The van der Waals surface area contributed by atoms with E-state index in [-0.39, 0.29) is 18.1 Å². The molecule has 2 aliphatic rings. The normalized spacial score (nSPS) is 20.2. The molecule has 0 saturated carbocycles. The number of methoxy groups -OCH3 is 1. The second kappa shape index (κ2) is 8.15. The maximum absolute atomic E-state index is 13.7. The SMILES string of the molecule is COc1ccc(/C=N\N2C(=O)[C@H]3Cc4c([nH]c5ccccc45)CN3[C@@H]2c2ccc(C)cc2)cc1. The summed E-state index contributed by atoms with van der Waals surface area (Å²) in [7, 11) is 1.65. The lowest BCUT2D eigenvalue weighted by molar-refractivity contribution is -0.130. The molecule has 34 heavy (non-hydrogen) atoms. The van der Waals surface area contributed by atoms with E-state index in [1.165, 1.54) is 22.2 Å². The van der Waals surface area contributed by atoms with Crippen molar-refractivity contribution >= 4 is 23.0 Å². The molecule has 0 spiro atoms. The minimum absolute atomic E-state index is 0.0336. The van der Waals surface area contributed by atoms with Crippen molar-refractivity contribution < 1.29 is 9.53 Å². The number of H-pyrrole nitrogens is 1. The lowest BCUT2D eigenvalue weighted by Crippen LogP contribution is -2.39. The molecule has 6 heteroatoms. The summed E-state index contributed by atoms with van der Waals surface area (Å²) in [5, 5.41) is 7.58. The van der Waals surface area contributed by atoms with Crippen LogP contribution in [0.25, 0.3) is 10.9 Å². The number of carbonyl (C=O) groups excluding carboxylic acids is 1. The zero-order valence-electron chi connectivity index (χ0n) is 19.2. The van der Waals surface area contributed by atoms with Gasteiger partial charge in [0.15, 0.2) is 0 Å². The second-order valence-corrected chi connectivity index (χ2v) is 9.00. The maximum atomic E-state index is 13.7. The highest BCUT2D eigenvalue weighted by molar-refractivity contribution is 5.90. The lowest BCUT2D eigenvalue weighted by atomic mass is 9.96. The Morgan fingerprint density at radius 1 is 1.03 bits per heavy atom. The number of aromatic amines is 1. The number of aromatic nitrogens is 1. The van der Waals surface area contributed by atoms with Crippen LogP contribution in [0.1, 0.15) is 34.1 Å². The number of ether oxygens (including phenoxy) is 1. The van der Waals surface area contributed by atoms with Crippen molar-refractivity contribution in [2.45, 2.75) is 32.1 Å². The summed E-state index contributed by atoms with van der Waals surface area (Å²) in [6.07, 6.45) is 2.17. The molecular formula is C28H26N4O2. The zero-order valence-corrected chi connectivity index (χ0v) is 19.2. The van der Waals surface area contributed by atoms with E-state index in [0.29, 0.717) is 13.0 Å². The highest BCUT2D eigenvalue weighted by atomic mass is 16.5. The third kappa shape index (κ3) is 3.38. The van der Waals surface area contributed by atoms with Gasteiger partial charge in [-0.25, -0.2) is 5.01 Å². The monoisotopic (exact) mass is 450 g/mol. The van der Waals surface area contributed by atoms with Gasteiger partial charge in [-0.2, -0.15) is 5.10 Å². The van der Waals surface area contributed by atoms with Gasteiger partial charge in [-0.3, -0.25) is 9.69 Å². The molecule has 1 N–H and O–H groups in total. The third-order valence-electron chi connectivity index (χ3n) is 6.92. The van der Waals surface area contributed by atoms with Crippen LogP contribution in [0.4, 0.5) is 0 Å². The van der Waals surface area contributed by atoms with E-state index in [0.717, 1.165) is 22.4 Å². The number of para-hydroxylation sites is 1. The van der Waals surface area contributed by atoms with Gasteiger partial charge in [0.25, 0.3) is 5.91 Å². The molecule has 2 atom stereocenters. The van der Waals surface area contributed by atoms with Crippen LogP contribution in [0.3, 0.4) is 0 Å². The molecule has 0 unspecified atom stereocenters. The number of rotatable bonds is 4. The Labute approximate surface area is 198 Å². The number of nitrogens with zero attached hydrogens (tertiary/aromatic N) is 3. The van der Waals surface area contributed by atoms with Crippen LogP contribution in [0.15, 0.2) is 77.9 Å². The first-order valence-corrected chi connectivity index (χ1v) is 11.5. The Kier molecular flexibility index (Phi) is 4.96. The van der Waals surface area contributed by atoms with Crippen LogP contribution in [-0.2, 0) is 17.8 Å². The number of hydrogen-bond acceptors (Lipinski definition) is 4. The van der Waals surface area contributed by atoms with Crippen molar-refractivity contribution in [2.75, 3.05) is 7.11 Å². The van der Waals surface area contributed by atoms with E-state index in [1.807, 2.05) is 30.3 Å². The Morgan fingerprint density at radius 3 is 2.56 bits per heavy atom. The van der Waals surface area contributed by atoms with Crippen LogP contribution in [0.5, 0.6) is 5.75 Å². The molecule has 4 aromatic rings. The lowest BCUT2D eigenvalue weighted by Gasteiger charge is -2.32. The van der Waals surface area contributed by atoms with Crippen LogP contribution < -0.4 is 4.74 Å². The highest BCUT2D eigenvalue weighted by Crippen LogP contribution is 2.42. The van der Waals surface area contributed by atoms with E-state index >= 15 is 0 Å². The molecule has 1 saturated heterocycles. The van der Waals surface area contributed by atoms with Crippen molar-refractivity contribution in [1.82, 2.24) is 14.9 Å². The first-order chi connectivity index (χ1) is 16.6. The Balaban J connectivity index is 1.39. The average molecular weight is 451 g/mol. The van der Waals surface area contributed by atoms with Crippen molar-refractivity contribution in [3.05, 3.63) is 101 Å². The standard InChI is InChI=1S/C28H26N4O2/c1-18-7-11-20(12-8-18)27-31-17-25-23(22-5-3-4-6-24(22)30-25)15-26(31)28(33)32(27)29-16-19-9-13-21(34-2)14-10-19/h3-14,16,26-27,30H,15,17H2,1-2H3/b29-16-/t26-,27+/m1/s1. The number of fused-ring (bicyclic) bond motifs is 4. The Hall–Kier alpha value is -3.90. The second-order valence-electron chi connectivity index (χ2n) is 9.00. The minimum Gasteiger partial charge on any atom is -0.497 e. The fourth-order valence-corrected chi connectivity index (χ4v) is 5.14. The first kappa shape index (κ1) is 20.7. The van der Waals surface area contributed by atoms with Crippen LogP contribution in [0, 0.1) is 6.92 Å². The molecule has 1 fully saturated rings. The zero-order chi connectivity index (χ0) is 23.2. The van der Waals surface area contributed by atoms with Crippen molar-refractivity contribution in [3.63, 3.8) is 0 Å². The Morgan fingerprint density at radius 2 is 1.79 bits per heavy atom. The summed E-state index contributed by atoms with van der Waals surface area (Å²) in [6.45, 7) is 2.75. The maximum Gasteiger partial charge on any atom is 0.262 e. The van der Waals surface area contributed by atoms with Gasteiger partial charge in [-0.15, -0.1) is 0 Å². The summed E-state index contributed by atoms with van der Waals surface area (Å²) < 4.78 is 5.25. The predicted molar refractivity (Wildman–Crippen MR) is 133 cm³/mol. The fraction of sp³-hybridized carbons (Fsp3) is 0.214. The van der Waals surface area contributed by atoms with Gasteiger partial charge >= 0.3 is 0 Å². The minimum atomic E-state index is -0.257. The molecule has 0 radical (unpaired) electrons. The average Bonchev–Trinajstić information content (AvgIpc) is 3.36. The molecule has 6 nitrogen and oxygen atoms in total. The van der Waals surface area contributed by atoms with Gasteiger partial charge in [0.1, 0.15) is 11.9 Å². The largest absolute Gasteiger partial charge is 0.497 e. The fourth-order valence-electron chi connectivity index (χ4n) is 5.14. The van der Waals surface area contributed by atoms with Crippen molar-refractivity contribution in [2.24, 2.45) is 5.10 Å². The van der Waals surface area contributed by atoms with Gasteiger partial charge in [-0.05, 0) is 60.4 Å². The number of carbonyl (C=O) groups is 1. The van der Waals surface area contributed by atoms with E-state index < -0.39 is 0 Å². The van der Waals surface area contributed by atoms with Crippen LogP contribution >= 0.6 is 0 Å². The first-order valence-electron chi connectivity index (χ1n) is 11.5. The van der Waals surface area contributed by atoms with Gasteiger partial charge in [0.2, 0.25) is 0 Å². The summed E-state index contributed by atoms with van der Waals surface area (Å²) >= 11 is 0. The smallest absolute Gasteiger partial charge is 0.262 e. The molecule has 3 heterocycles. The molecular weight excluding hydrogens is 424 g/mol. The van der Waals surface area contributed by atoms with E-state index in [1.54, 1.807) is 18.3 Å². The van der Waals surface area contributed by atoms with Crippen LogP contribution in [0.2, 0.25) is 0 Å². The molecule has 3 aromatic carbocycles. The summed E-state index contributed by atoms with van der Waals surface area (Å²) in [5.74, 6) is 0.823. The third-order valence-corrected chi connectivity index (χ3v) is 6.92. The van der Waals surface area contributed by atoms with Crippen molar-refractivity contribution in [3.8, 4) is 5.75 Å². The molecule has 170 valence electrons. The van der Waals surface area contributed by atoms with E-state index in [9.17, 15) is 4.79 Å². The quantitative estimate of drug-likeness (QED) is 0.455. The molecule has 0 aliphatic carbocycles. The summed E-state index contributed by atoms with van der Waals surface area (Å²) in [6, 6.07) is 24.2. The molecule has 1 aromatic heterocycles. The molecule has 2 aliphatic heterocycles. The van der Waals surface area contributed by atoms with Gasteiger partial charge in [0.05, 0.1) is 19.4 Å². The molecule has 6 rings (SSSR count). The van der Waals surface area contributed by atoms with Gasteiger partial charge in [-0.1, -0.05) is 48.0 Å². The number of benzene rings is 3. The van der Waals surface area contributed by atoms with E-state index in [2.05, 4.69) is 59.3 Å². The van der Waals surface area contributed by atoms with Crippen molar-refractivity contribution in [1.29, 1.82) is 0 Å².